The van der Waals surface area contributed by atoms with E-state index in [1.165, 1.54) is 24.3 Å². The van der Waals surface area contributed by atoms with Gasteiger partial charge in [0.15, 0.2) is 0 Å². The SMILES string of the molecule is N#CC(C#N)=C1C(c2ccc(F)c(C(F)(F)F)c2)=C(C#N)c2cc3c(c(C#N)c21)C(=C(C#N)C#N)C(c1ccc(F)c(C(F)(F)F)c1)=C3C#N. The van der Waals surface area contributed by atoms with Crippen LogP contribution >= 0.6 is 0 Å². The maximum Gasteiger partial charge on any atom is 0.419 e. The first-order valence-corrected chi connectivity index (χ1v) is 13.4. The molecule has 0 aromatic heterocycles. The molecule has 0 bridgehead atoms. The molecule has 0 saturated carbocycles. The van der Waals surface area contributed by atoms with Gasteiger partial charge in [-0.15, -0.1) is 0 Å². The van der Waals surface area contributed by atoms with Crippen LogP contribution in [0.1, 0.15) is 50.1 Å². The lowest BCUT2D eigenvalue weighted by Gasteiger charge is -2.16. The van der Waals surface area contributed by atoms with Crippen molar-refractivity contribution in [2.24, 2.45) is 0 Å². The van der Waals surface area contributed by atoms with Crippen molar-refractivity contribution in [2.75, 3.05) is 0 Å². The van der Waals surface area contributed by atoms with Crippen molar-refractivity contribution < 1.29 is 35.1 Å². The average Bonchev–Trinajstić information content (AvgIpc) is 3.57. The minimum Gasteiger partial charge on any atom is -0.206 e. The molecule has 0 spiro atoms. The van der Waals surface area contributed by atoms with Crippen molar-refractivity contribution in [3.8, 4) is 42.5 Å². The predicted molar refractivity (Wildman–Crippen MR) is 155 cm³/mol. The van der Waals surface area contributed by atoms with Gasteiger partial charge in [0.1, 0.15) is 65.3 Å². The standard InChI is InChI=1S/C35H7F8N7/c36-26-3-1-15(5-24(26)34(38,39)40)28-21(12-48)19-7-20-22(13-49)29(16-2-4-27(37)25(6-16)35(41,42)43)31(18(10-46)11-47)33(20)23(14-50)32(19)30(28)17(8-44)9-45/h1-7H. The number of nitriles is 7. The number of allylic oxidation sites excluding steroid dienone is 8. The normalized spacial score (nSPS) is 13.2. The van der Waals surface area contributed by atoms with E-state index in [-0.39, 0.29) is 11.1 Å². The topological polar surface area (TPSA) is 167 Å². The highest BCUT2D eigenvalue weighted by atomic mass is 19.4. The zero-order chi connectivity index (χ0) is 36.9. The molecule has 0 fully saturated rings. The number of alkyl halides is 6. The maximum atomic E-state index is 14.3. The Bertz CT molecular complexity index is 2350. The van der Waals surface area contributed by atoms with Crippen LogP contribution in [0.4, 0.5) is 35.1 Å². The monoisotopic (exact) mass is 677 g/mol. The van der Waals surface area contributed by atoms with Crippen LogP contribution in [0.3, 0.4) is 0 Å². The van der Waals surface area contributed by atoms with Crippen LogP contribution in [0.25, 0.3) is 33.4 Å². The molecule has 0 amide bonds. The number of hydrogen-bond acceptors (Lipinski definition) is 7. The molecule has 0 N–H and O–H groups in total. The summed E-state index contributed by atoms with van der Waals surface area (Å²) in [6.07, 6.45) is -10.5. The van der Waals surface area contributed by atoms with Gasteiger partial charge in [0, 0.05) is 44.5 Å². The molecular weight excluding hydrogens is 670 g/mol. The predicted octanol–water partition coefficient (Wildman–Crippen LogP) is 8.37. The molecule has 0 atom stereocenters. The van der Waals surface area contributed by atoms with Crippen molar-refractivity contribution in [2.45, 2.75) is 12.4 Å². The number of benzene rings is 3. The zero-order valence-corrected chi connectivity index (χ0v) is 24.2. The highest BCUT2D eigenvalue weighted by Crippen LogP contribution is 2.56. The second-order valence-corrected chi connectivity index (χ2v) is 10.3. The minimum atomic E-state index is -5.24. The highest BCUT2D eigenvalue weighted by Gasteiger charge is 2.42. The molecule has 0 radical (unpaired) electrons. The van der Waals surface area contributed by atoms with Crippen molar-refractivity contribution in [1.82, 2.24) is 0 Å². The van der Waals surface area contributed by atoms with Crippen LogP contribution in [-0.2, 0) is 12.4 Å². The van der Waals surface area contributed by atoms with Gasteiger partial charge in [0.05, 0.1) is 27.8 Å². The van der Waals surface area contributed by atoms with Crippen LogP contribution in [0.15, 0.2) is 53.6 Å². The number of hydrogen-bond donors (Lipinski definition) is 0. The Morgan fingerprint density at radius 1 is 0.500 bits per heavy atom. The van der Waals surface area contributed by atoms with Gasteiger partial charge < -0.3 is 0 Å². The Kier molecular flexibility index (Phi) is 8.08. The van der Waals surface area contributed by atoms with E-state index in [1.807, 2.05) is 0 Å². The summed E-state index contributed by atoms with van der Waals surface area (Å²) in [5, 5.41) is 70.7. The highest BCUT2D eigenvalue weighted by molar-refractivity contribution is 6.31. The molecular formula is C35H7F8N7. The van der Waals surface area contributed by atoms with Crippen LogP contribution in [0, 0.1) is 91.0 Å². The summed E-state index contributed by atoms with van der Waals surface area (Å²) in [6.45, 7) is 0. The first kappa shape index (κ1) is 33.8. The third kappa shape index (κ3) is 4.99. The third-order valence-corrected chi connectivity index (χ3v) is 7.77. The van der Waals surface area contributed by atoms with E-state index in [2.05, 4.69) is 0 Å². The number of fused-ring (bicyclic) bond motifs is 2. The molecule has 15 heteroatoms. The van der Waals surface area contributed by atoms with E-state index < -0.39 is 108 Å². The summed E-state index contributed by atoms with van der Waals surface area (Å²) in [4.78, 5) is 0. The molecule has 50 heavy (non-hydrogen) atoms. The second kappa shape index (κ2) is 11.9. The molecule has 0 saturated heterocycles. The molecule has 0 aliphatic heterocycles. The summed E-state index contributed by atoms with van der Waals surface area (Å²) in [7, 11) is 0. The molecule has 7 nitrogen and oxygen atoms in total. The summed E-state index contributed by atoms with van der Waals surface area (Å²) >= 11 is 0. The Morgan fingerprint density at radius 2 is 0.860 bits per heavy atom. The Hall–Kier alpha value is -7.51. The van der Waals surface area contributed by atoms with Gasteiger partial charge in [-0.05, 0) is 41.5 Å². The van der Waals surface area contributed by atoms with E-state index in [0.717, 1.165) is 18.2 Å². The van der Waals surface area contributed by atoms with Gasteiger partial charge >= 0.3 is 12.4 Å². The number of halogens is 8. The Balaban J connectivity index is 2.01. The van der Waals surface area contributed by atoms with Gasteiger partial charge in [0.25, 0.3) is 0 Å². The molecule has 0 heterocycles. The van der Waals surface area contributed by atoms with Crippen LogP contribution in [0.5, 0.6) is 0 Å². The fraction of sp³-hybridized carbons (Fsp3) is 0.0571. The van der Waals surface area contributed by atoms with Gasteiger partial charge in [-0.3, -0.25) is 0 Å². The molecule has 238 valence electrons. The van der Waals surface area contributed by atoms with E-state index in [1.54, 1.807) is 18.2 Å². The van der Waals surface area contributed by atoms with Crippen molar-refractivity contribution >= 4 is 33.4 Å². The van der Waals surface area contributed by atoms with Crippen LogP contribution in [0.2, 0.25) is 0 Å². The largest absolute Gasteiger partial charge is 0.419 e. The van der Waals surface area contributed by atoms with E-state index in [0.29, 0.717) is 24.3 Å². The molecule has 2 aliphatic carbocycles. The summed E-state index contributed by atoms with van der Waals surface area (Å²) in [6, 6.07) is 15.6. The van der Waals surface area contributed by atoms with Crippen LogP contribution < -0.4 is 0 Å². The lowest BCUT2D eigenvalue weighted by Crippen LogP contribution is -2.09. The number of nitrogens with zero attached hydrogens (tertiary/aromatic N) is 7. The zero-order valence-electron chi connectivity index (χ0n) is 24.2. The average molecular weight is 677 g/mol. The van der Waals surface area contributed by atoms with Gasteiger partial charge in [-0.1, -0.05) is 12.1 Å². The first-order chi connectivity index (χ1) is 23.6. The molecule has 2 aliphatic rings. The van der Waals surface area contributed by atoms with Gasteiger partial charge in [-0.2, -0.15) is 63.2 Å². The lowest BCUT2D eigenvalue weighted by molar-refractivity contribution is -0.140. The Morgan fingerprint density at radius 3 is 1.14 bits per heavy atom. The van der Waals surface area contributed by atoms with E-state index >= 15 is 0 Å². The third-order valence-electron chi connectivity index (χ3n) is 7.77. The smallest absolute Gasteiger partial charge is 0.206 e. The summed E-state index contributed by atoms with van der Waals surface area (Å²) < 4.78 is 111. The molecule has 0 unspecified atom stereocenters. The van der Waals surface area contributed by atoms with E-state index in [9.17, 15) is 72.0 Å². The Labute approximate surface area is 275 Å². The van der Waals surface area contributed by atoms with Crippen molar-refractivity contribution in [1.29, 1.82) is 36.8 Å². The minimum absolute atomic E-state index is 0.320. The molecule has 5 rings (SSSR count). The maximum absolute atomic E-state index is 14.3. The molecule has 3 aromatic rings. The van der Waals surface area contributed by atoms with E-state index in [4.69, 9.17) is 0 Å². The quantitative estimate of drug-likeness (QED) is 0.194. The van der Waals surface area contributed by atoms with Crippen molar-refractivity contribution in [3.63, 3.8) is 0 Å². The summed E-state index contributed by atoms with van der Waals surface area (Å²) in [5.41, 5.74) is -11.6. The summed E-state index contributed by atoms with van der Waals surface area (Å²) in [5.74, 6) is -3.39. The van der Waals surface area contributed by atoms with Crippen LogP contribution in [-0.4, -0.2) is 0 Å². The lowest BCUT2D eigenvalue weighted by atomic mass is 9.84. The number of rotatable bonds is 2. The van der Waals surface area contributed by atoms with Gasteiger partial charge in [-0.25, -0.2) is 8.78 Å². The molecule has 3 aromatic carbocycles. The fourth-order valence-electron chi connectivity index (χ4n) is 5.86. The van der Waals surface area contributed by atoms with Gasteiger partial charge in [0.2, 0.25) is 0 Å². The van der Waals surface area contributed by atoms with Crippen molar-refractivity contribution in [3.05, 3.63) is 115 Å². The fourth-order valence-corrected chi connectivity index (χ4v) is 5.86. The second-order valence-electron chi connectivity index (χ2n) is 10.3. The first-order valence-electron chi connectivity index (χ1n) is 13.4.